The lowest BCUT2D eigenvalue weighted by Gasteiger charge is -2.25. The minimum absolute atomic E-state index is 0.241. The molecule has 0 spiro atoms. The third-order valence-corrected chi connectivity index (χ3v) is 3.09. The van der Waals surface area contributed by atoms with Crippen LogP contribution >= 0.6 is 0 Å². The fourth-order valence-electron chi connectivity index (χ4n) is 2.01. The first kappa shape index (κ1) is 10.4. The summed E-state index contributed by atoms with van der Waals surface area (Å²) in [5.74, 6) is -0.130. The molecule has 5 heteroatoms. The Morgan fingerprint density at radius 1 is 1.47 bits per heavy atom. The van der Waals surface area contributed by atoms with Gasteiger partial charge in [0.2, 0.25) is 0 Å². The second kappa shape index (κ2) is 3.92. The van der Waals surface area contributed by atoms with Gasteiger partial charge in [-0.2, -0.15) is 0 Å². The monoisotopic (exact) mass is 232 g/mol. The van der Waals surface area contributed by atoms with E-state index in [-0.39, 0.29) is 6.10 Å². The zero-order valence-corrected chi connectivity index (χ0v) is 9.22. The maximum atomic E-state index is 10.8. The molecule has 5 nitrogen and oxygen atoms in total. The van der Waals surface area contributed by atoms with Gasteiger partial charge in [0.15, 0.2) is 0 Å². The van der Waals surface area contributed by atoms with Crippen LogP contribution in [-0.2, 0) is 9.53 Å². The lowest BCUT2D eigenvalue weighted by atomic mass is 10.0. The van der Waals surface area contributed by atoms with E-state index in [1.165, 1.54) is 0 Å². The molecular formula is C12H12N2O3. The number of ether oxygens (including phenoxy) is 1. The van der Waals surface area contributed by atoms with E-state index in [4.69, 9.17) is 9.84 Å². The molecule has 0 aromatic heterocycles. The van der Waals surface area contributed by atoms with Gasteiger partial charge < -0.3 is 9.84 Å². The normalized spacial score (nSPS) is 26.2. The van der Waals surface area contributed by atoms with Crippen molar-refractivity contribution in [2.45, 2.75) is 25.4 Å². The number of nitrogens with zero attached hydrogens (tertiary/aromatic N) is 2. The molecule has 88 valence electrons. The fourth-order valence-corrected chi connectivity index (χ4v) is 2.01. The third kappa shape index (κ3) is 1.93. The van der Waals surface area contributed by atoms with Crippen molar-refractivity contribution in [3.05, 3.63) is 23.4 Å². The summed E-state index contributed by atoms with van der Waals surface area (Å²) in [6, 6.07) is 0. The molecule has 0 unspecified atom stereocenters. The number of hydrogen-bond acceptors (Lipinski definition) is 4. The summed E-state index contributed by atoms with van der Waals surface area (Å²) in [5.41, 5.74) is 1.92. The maximum Gasteiger partial charge on any atom is 0.331 e. The predicted octanol–water partition coefficient (Wildman–Crippen LogP) is 1.32. The van der Waals surface area contributed by atoms with Gasteiger partial charge in [-0.25, -0.2) is 14.8 Å². The number of rotatable bonds is 3. The highest BCUT2D eigenvalue weighted by molar-refractivity contribution is 6.16. The summed E-state index contributed by atoms with van der Waals surface area (Å²) in [6.07, 6.45) is 5.71. The third-order valence-electron chi connectivity index (χ3n) is 3.09. The van der Waals surface area contributed by atoms with E-state index in [1.54, 1.807) is 12.2 Å². The van der Waals surface area contributed by atoms with Gasteiger partial charge in [0.05, 0.1) is 17.5 Å². The Morgan fingerprint density at radius 2 is 2.29 bits per heavy atom. The van der Waals surface area contributed by atoms with Crippen molar-refractivity contribution in [2.75, 3.05) is 6.61 Å². The van der Waals surface area contributed by atoms with Gasteiger partial charge in [-0.1, -0.05) is 0 Å². The smallest absolute Gasteiger partial charge is 0.331 e. The minimum atomic E-state index is -0.890. The zero-order chi connectivity index (χ0) is 11.8. The molecule has 1 saturated heterocycles. The molecule has 1 atom stereocenters. The Labute approximate surface area is 98.2 Å². The van der Waals surface area contributed by atoms with Crippen LogP contribution in [0.5, 0.6) is 0 Å². The van der Waals surface area contributed by atoms with Crippen LogP contribution in [0.1, 0.15) is 19.3 Å². The molecule has 0 bridgehead atoms. The minimum Gasteiger partial charge on any atom is -0.478 e. The van der Waals surface area contributed by atoms with E-state index in [1.807, 2.05) is 0 Å². The van der Waals surface area contributed by atoms with Crippen molar-refractivity contribution in [3.8, 4) is 0 Å². The lowest BCUT2D eigenvalue weighted by Crippen LogP contribution is -2.28. The summed E-state index contributed by atoms with van der Waals surface area (Å²) in [6.45, 7) is 0.821. The standard InChI is InChI=1S/C12H12N2O3/c15-12(16)7-1-2-9-10(5-7)14-11(13-9)6-8-3-4-17-8/h1-2,8H,3-6H2,(H,15,16)/t8-/m1/s1. The molecule has 3 rings (SSSR count). The molecule has 0 aromatic carbocycles. The van der Waals surface area contributed by atoms with Crippen LogP contribution in [0, 0.1) is 0 Å². The van der Waals surface area contributed by atoms with Crippen LogP contribution < -0.4 is 0 Å². The second-order valence-corrected chi connectivity index (χ2v) is 4.30. The van der Waals surface area contributed by atoms with E-state index < -0.39 is 5.97 Å². The number of aliphatic imine (C=N–C) groups is 2. The Bertz CT molecular complexity index is 496. The molecule has 2 heterocycles. The topological polar surface area (TPSA) is 71.2 Å². The Morgan fingerprint density at radius 3 is 2.94 bits per heavy atom. The first-order chi connectivity index (χ1) is 8.22. The van der Waals surface area contributed by atoms with Crippen molar-refractivity contribution >= 4 is 17.5 Å². The summed E-state index contributed by atoms with van der Waals surface area (Å²) < 4.78 is 5.33. The highest BCUT2D eigenvalue weighted by Crippen LogP contribution is 2.25. The zero-order valence-electron chi connectivity index (χ0n) is 9.22. The summed E-state index contributed by atoms with van der Waals surface area (Å²) in [5, 5.41) is 8.91. The van der Waals surface area contributed by atoms with Crippen molar-refractivity contribution in [3.63, 3.8) is 0 Å². The van der Waals surface area contributed by atoms with Gasteiger partial charge in [-0.15, -0.1) is 0 Å². The number of allylic oxidation sites excluding steroid dienone is 3. The number of carboxylic acid groups (broad SMARTS) is 1. The van der Waals surface area contributed by atoms with Crippen molar-refractivity contribution in [2.24, 2.45) is 9.98 Å². The van der Waals surface area contributed by atoms with Crippen molar-refractivity contribution in [1.82, 2.24) is 0 Å². The van der Waals surface area contributed by atoms with Gasteiger partial charge in [-0.3, -0.25) is 0 Å². The molecule has 1 N–H and O–H groups in total. The van der Waals surface area contributed by atoms with Crippen LogP contribution in [0.2, 0.25) is 0 Å². The number of carboxylic acids is 1. The van der Waals surface area contributed by atoms with Gasteiger partial charge in [0.1, 0.15) is 5.84 Å². The average Bonchev–Trinajstić information content (AvgIpc) is 2.64. The van der Waals surface area contributed by atoms with Gasteiger partial charge in [0.25, 0.3) is 0 Å². The van der Waals surface area contributed by atoms with Crippen LogP contribution in [0.4, 0.5) is 0 Å². The van der Waals surface area contributed by atoms with Crippen LogP contribution in [0.3, 0.4) is 0 Å². The van der Waals surface area contributed by atoms with Crippen LogP contribution in [0.25, 0.3) is 0 Å². The quantitative estimate of drug-likeness (QED) is 0.797. The molecule has 0 radical (unpaired) electrons. The number of fused-ring (bicyclic) bond motifs is 1. The van der Waals surface area contributed by atoms with E-state index in [9.17, 15) is 4.79 Å². The van der Waals surface area contributed by atoms with E-state index in [0.29, 0.717) is 12.0 Å². The highest BCUT2D eigenvalue weighted by atomic mass is 16.5. The molecule has 1 aliphatic carbocycles. The molecule has 1 fully saturated rings. The highest BCUT2D eigenvalue weighted by Gasteiger charge is 2.26. The summed E-state index contributed by atoms with van der Waals surface area (Å²) in [4.78, 5) is 19.6. The Kier molecular flexibility index (Phi) is 2.40. The first-order valence-corrected chi connectivity index (χ1v) is 5.63. The van der Waals surface area contributed by atoms with Gasteiger partial charge in [-0.05, 0) is 18.6 Å². The molecule has 0 aromatic rings. The van der Waals surface area contributed by atoms with Crippen LogP contribution in [-0.4, -0.2) is 35.3 Å². The molecule has 0 amide bonds. The van der Waals surface area contributed by atoms with Crippen molar-refractivity contribution < 1.29 is 14.6 Å². The summed E-state index contributed by atoms with van der Waals surface area (Å²) >= 11 is 0. The van der Waals surface area contributed by atoms with Gasteiger partial charge >= 0.3 is 5.97 Å². The van der Waals surface area contributed by atoms with E-state index in [0.717, 1.165) is 36.7 Å². The lowest BCUT2D eigenvalue weighted by molar-refractivity contribution is -0.132. The predicted molar refractivity (Wildman–Crippen MR) is 62.3 cm³/mol. The van der Waals surface area contributed by atoms with Crippen LogP contribution in [0.15, 0.2) is 33.4 Å². The Hall–Kier alpha value is -1.75. The van der Waals surface area contributed by atoms with Gasteiger partial charge in [0, 0.05) is 25.0 Å². The average molecular weight is 232 g/mol. The molecule has 17 heavy (non-hydrogen) atoms. The van der Waals surface area contributed by atoms with E-state index >= 15 is 0 Å². The molecule has 3 aliphatic rings. The van der Waals surface area contributed by atoms with E-state index in [2.05, 4.69) is 9.98 Å². The fraction of sp³-hybridized carbons (Fsp3) is 0.417. The molecule has 0 saturated carbocycles. The second-order valence-electron chi connectivity index (χ2n) is 4.30. The number of carbonyl (C=O) groups is 1. The number of aliphatic carboxylic acids is 1. The first-order valence-electron chi connectivity index (χ1n) is 5.63. The molecular weight excluding hydrogens is 220 g/mol. The SMILES string of the molecule is O=C(O)C1=CC=C2N=C(C[C@H]3CCO3)N=C2C1. The van der Waals surface area contributed by atoms with Crippen molar-refractivity contribution in [1.29, 1.82) is 0 Å². The summed E-state index contributed by atoms with van der Waals surface area (Å²) in [7, 11) is 0. The Balaban J connectivity index is 1.73. The number of hydrogen-bond donors (Lipinski definition) is 1. The number of amidine groups is 1. The maximum absolute atomic E-state index is 10.8. The largest absolute Gasteiger partial charge is 0.478 e. The molecule has 2 aliphatic heterocycles.